The Hall–Kier alpha value is -2.69. The van der Waals surface area contributed by atoms with Crippen LogP contribution >= 0.6 is 0 Å². The normalized spacial score (nSPS) is 12.4. The minimum absolute atomic E-state index is 0.117. The summed E-state index contributed by atoms with van der Waals surface area (Å²) in [6, 6.07) is 13.1. The van der Waals surface area contributed by atoms with E-state index in [0.29, 0.717) is 6.42 Å². The highest BCUT2D eigenvalue weighted by atomic mass is 16.5. The molecule has 4 rings (SSSR count). The number of aliphatic hydroxyl groups is 2. The number of hydrogen-bond acceptors (Lipinski definition) is 4. The number of pyridine rings is 1. The Labute approximate surface area is 218 Å². The number of ether oxygens (including phenoxy) is 1. The quantitative estimate of drug-likeness (QED) is 0.401. The summed E-state index contributed by atoms with van der Waals surface area (Å²) in [5.41, 5.74) is 11.2. The molecule has 1 aromatic heterocycles. The minimum atomic E-state index is -0.500. The Morgan fingerprint density at radius 3 is 2.17 bits per heavy atom. The maximum Gasteiger partial charge on any atom is 0.122 e. The summed E-state index contributed by atoms with van der Waals surface area (Å²) in [6.07, 6.45) is 2.71. The van der Waals surface area contributed by atoms with Crippen molar-refractivity contribution in [1.82, 2.24) is 4.98 Å². The SMILES string of the molecule is CC.CC(C)(C)O.Cc1ccc(-c2nc(C)c(CCO)c(-c3ccc4c(c3)CCCO4)c2C)cc1C. The van der Waals surface area contributed by atoms with Crippen LogP contribution in [0, 0.1) is 27.7 Å². The van der Waals surface area contributed by atoms with E-state index < -0.39 is 5.60 Å². The summed E-state index contributed by atoms with van der Waals surface area (Å²) >= 11 is 0. The molecular weight excluding hydrogens is 446 g/mol. The maximum atomic E-state index is 9.70. The van der Waals surface area contributed by atoms with Crippen LogP contribution < -0.4 is 4.74 Å². The van der Waals surface area contributed by atoms with Crippen LogP contribution in [0.25, 0.3) is 22.4 Å². The third-order valence-electron chi connectivity index (χ3n) is 6.09. The Bertz CT molecular complexity index is 1150. The number of aromatic nitrogens is 1. The molecule has 196 valence electrons. The molecule has 1 aliphatic rings. The van der Waals surface area contributed by atoms with Gasteiger partial charge in [-0.2, -0.15) is 0 Å². The molecule has 0 aliphatic carbocycles. The van der Waals surface area contributed by atoms with Crippen molar-refractivity contribution < 1.29 is 14.9 Å². The molecule has 0 atom stereocenters. The molecule has 2 heterocycles. The van der Waals surface area contributed by atoms with Crippen molar-refractivity contribution in [3.63, 3.8) is 0 Å². The lowest BCUT2D eigenvalue weighted by Crippen LogP contribution is -2.10. The van der Waals surface area contributed by atoms with E-state index in [1.807, 2.05) is 13.8 Å². The second kappa shape index (κ2) is 13.0. The number of rotatable bonds is 4. The first-order valence-electron chi connectivity index (χ1n) is 13.2. The molecule has 0 amide bonds. The minimum Gasteiger partial charge on any atom is -0.493 e. The van der Waals surface area contributed by atoms with Crippen molar-refractivity contribution in [3.05, 3.63) is 69.9 Å². The van der Waals surface area contributed by atoms with Gasteiger partial charge in [0, 0.05) is 17.9 Å². The molecule has 4 heteroatoms. The topological polar surface area (TPSA) is 62.6 Å². The van der Waals surface area contributed by atoms with Crippen LogP contribution in [0.3, 0.4) is 0 Å². The smallest absolute Gasteiger partial charge is 0.122 e. The van der Waals surface area contributed by atoms with Gasteiger partial charge in [-0.05, 0) is 125 Å². The van der Waals surface area contributed by atoms with Gasteiger partial charge in [-0.25, -0.2) is 0 Å². The largest absolute Gasteiger partial charge is 0.493 e. The Morgan fingerprint density at radius 2 is 1.56 bits per heavy atom. The average Bonchev–Trinajstić information content (AvgIpc) is 2.83. The predicted molar refractivity (Wildman–Crippen MR) is 152 cm³/mol. The van der Waals surface area contributed by atoms with E-state index in [0.717, 1.165) is 47.7 Å². The van der Waals surface area contributed by atoms with Gasteiger partial charge in [0.05, 0.1) is 17.9 Å². The van der Waals surface area contributed by atoms with E-state index in [9.17, 15) is 5.11 Å². The molecule has 0 saturated heterocycles. The highest BCUT2D eigenvalue weighted by Crippen LogP contribution is 2.38. The van der Waals surface area contributed by atoms with Gasteiger partial charge in [0.15, 0.2) is 0 Å². The fourth-order valence-electron chi connectivity index (χ4n) is 4.34. The van der Waals surface area contributed by atoms with Gasteiger partial charge in [-0.1, -0.05) is 32.0 Å². The zero-order valence-corrected chi connectivity index (χ0v) is 23.7. The molecule has 36 heavy (non-hydrogen) atoms. The Balaban J connectivity index is 0.000000583. The Kier molecular flexibility index (Phi) is 10.7. The molecule has 2 N–H and O–H groups in total. The van der Waals surface area contributed by atoms with Crippen molar-refractivity contribution in [1.29, 1.82) is 0 Å². The third kappa shape index (κ3) is 7.65. The first-order chi connectivity index (χ1) is 17.0. The lowest BCUT2D eigenvalue weighted by Gasteiger charge is -2.22. The fraction of sp³-hybridized carbons (Fsp3) is 0.469. The van der Waals surface area contributed by atoms with E-state index in [1.165, 1.54) is 33.4 Å². The van der Waals surface area contributed by atoms with Gasteiger partial charge in [0.1, 0.15) is 5.75 Å². The lowest BCUT2D eigenvalue weighted by atomic mass is 9.88. The molecular formula is C32H45NO3. The summed E-state index contributed by atoms with van der Waals surface area (Å²) in [6.45, 7) is 18.6. The number of aryl methyl sites for hydroxylation is 4. The molecule has 0 saturated carbocycles. The van der Waals surface area contributed by atoms with Gasteiger partial charge in [0.2, 0.25) is 0 Å². The molecule has 4 nitrogen and oxygen atoms in total. The highest BCUT2D eigenvalue weighted by molar-refractivity contribution is 5.80. The lowest BCUT2D eigenvalue weighted by molar-refractivity contribution is 0.102. The van der Waals surface area contributed by atoms with E-state index in [-0.39, 0.29) is 6.61 Å². The number of aliphatic hydroxyl groups excluding tert-OH is 1. The summed E-state index contributed by atoms with van der Waals surface area (Å²) in [4.78, 5) is 4.97. The summed E-state index contributed by atoms with van der Waals surface area (Å²) in [7, 11) is 0. The van der Waals surface area contributed by atoms with Gasteiger partial charge in [0.25, 0.3) is 0 Å². The first-order valence-corrected chi connectivity index (χ1v) is 13.2. The molecule has 0 unspecified atom stereocenters. The van der Waals surface area contributed by atoms with E-state index in [4.69, 9.17) is 14.8 Å². The average molecular weight is 492 g/mol. The Morgan fingerprint density at radius 1 is 0.917 bits per heavy atom. The monoisotopic (exact) mass is 491 g/mol. The summed E-state index contributed by atoms with van der Waals surface area (Å²) < 4.78 is 5.81. The molecule has 0 bridgehead atoms. The second-order valence-electron chi connectivity index (χ2n) is 10.2. The zero-order chi connectivity index (χ0) is 27.0. The van der Waals surface area contributed by atoms with Crippen molar-refractivity contribution in [2.24, 2.45) is 0 Å². The van der Waals surface area contributed by atoms with Crippen LogP contribution in [0.2, 0.25) is 0 Å². The van der Waals surface area contributed by atoms with Crippen molar-refractivity contribution in [2.75, 3.05) is 13.2 Å². The first kappa shape index (κ1) is 29.5. The molecule has 3 aromatic rings. The fourth-order valence-corrected chi connectivity index (χ4v) is 4.34. The number of hydrogen-bond donors (Lipinski definition) is 2. The van der Waals surface area contributed by atoms with Crippen LogP contribution in [0.4, 0.5) is 0 Å². The molecule has 0 spiro atoms. The summed E-state index contributed by atoms with van der Waals surface area (Å²) in [5.74, 6) is 1.00. The van der Waals surface area contributed by atoms with Crippen LogP contribution in [-0.4, -0.2) is 34.0 Å². The van der Waals surface area contributed by atoms with Crippen molar-refractivity contribution >= 4 is 0 Å². The van der Waals surface area contributed by atoms with Crippen molar-refractivity contribution in [2.45, 2.75) is 87.2 Å². The third-order valence-corrected chi connectivity index (χ3v) is 6.09. The van der Waals surface area contributed by atoms with Gasteiger partial charge >= 0.3 is 0 Å². The zero-order valence-electron chi connectivity index (χ0n) is 23.7. The van der Waals surface area contributed by atoms with Gasteiger partial charge in [-0.15, -0.1) is 0 Å². The van der Waals surface area contributed by atoms with Crippen LogP contribution in [-0.2, 0) is 12.8 Å². The van der Waals surface area contributed by atoms with E-state index >= 15 is 0 Å². The number of benzene rings is 2. The maximum absolute atomic E-state index is 9.70. The molecule has 2 aromatic carbocycles. The van der Waals surface area contributed by atoms with Crippen LogP contribution in [0.5, 0.6) is 5.75 Å². The predicted octanol–water partition coefficient (Wildman–Crippen LogP) is 7.31. The number of fused-ring (bicyclic) bond motifs is 1. The van der Waals surface area contributed by atoms with Crippen molar-refractivity contribution in [3.8, 4) is 28.1 Å². The second-order valence-corrected chi connectivity index (χ2v) is 10.2. The highest BCUT2D eigenvalue weighted by Gasteiger charge is 2.19. The molecule has 0 fully saturated rings. The van der Waals surface area contributed by atoms with E-state index in [2.05, 4.69) is 64.1 Å². The molecule has 0 radical (unpaired) electrons. The van der Waals surface area contributed by atoms with Crippen LogP contribution in [0.1, 0.15) is 74.6 Å². The van der Waals surface area contributed by atoms with Gasteiger partial charge < -0.3 is 14.9 Å². The standard InChI is InChI=1S/C26H29NO2.C4H10O.C2H6/c1-16-7-8-22(14-17(16)2)26-18(3)25(23(11-12-28)19(4)27-26)21-9-10-24-20(15-21)6-5-13-29-24;1-4(2,3)5;1-2/h7-10,14-15,28H,5-6,11-13H2,1-4H3;5H,1-3H3;1-2H3. The van der Waals surface area contributed by atoms with Crippen LogP contribution in [0.15, 0.2) is 36.4 Å². The molecule has 1 aliphatic heterocycles. The van der Waals surface area contributed by atoms with E-state index in [1.54, 1.807) is 20.8 Å². The number of nitrogens with zero attached hydrogens (tertiary/aromatic N) is 1. The van der Waals surface area contributed by atoms with Gasteiger partial charge in [-0.3, -0.25) is 4.98 Å². The summed E-state index contributed by atoms with van der Waals surface area (Å²) in [5, 5.41) is 18.2.